The molecule has 0 saturated heterocycles. The van der Waals surface area contributed by atoms with Gasteiger partial charge in [-0.2, -0.15) is 0 Å². The number of benzene rings is 1. The third kappa shape index (κ3) is 11.0. The normalized spacial score (nSPS) is 17.2. The minimum atomic E-state index is -0.0877. The number of Topliss-reactive ketones (excluding diaryl/α,β-unsaturated/α-hetero) is 1. The first-order valence-electron chi connectivity index (χ1n) is 12.5. The second-order valence-electron chi connectivity index (χ2n) is 9.87. The van der Waals surface area contributed by atoms with Gasteiger partial charge in [-0.1, -0.05) is 62.9 Å². The second kappa shape index (κ2) is 14.9. The van der Waals surface area contributed by atoms with Gasteiger partial charge in [-0.05, 0) is 77.5 Å². The second-order valence-corrected chi connectivity index (χ2v) is 9.87. The van der Waals surface area contributed by atoms with Gasteiger partial charge in [0.25, 0.3) is 0 Å². The van der Waals surface area contributed by atoms with E-state index in [1.807, 2.05) is 67.7 Å². The van der Waals surface area contributed by atoms with E-state index in [9.17, 15) is 4.79 Å². The molecule has 5 heteroatoms. The van der Waals surface area contributed by atoms with E-state index in [1.54, 1.807) is 6.92 Å². The van der Waals surface area contributed by atoms with Crippen LogP contribution < -0.4 is 10.6 Å². The van der Waals surface area contributed by atoms with Gasteiger partial charge in [-0.25, -0.2) is 0 Å². The van der Waals surface area contributed by atoms with E-state index in [0.29, 0.717) is 5.82 Å². The van der Waals surface area contributed by atoms with Gasteiger partial charge >= 0.3 is 0 Å². The Morgan fingerprint density at radius 3 is 2.19 bits per heavy atom. The molecule has 0 heterocycles. The molecule has 0 aliphatic heterocycles. The summed E-state index contributed by atoms with van der Waals surface area (Å²) in [5.74, 6) is 0.800. The Kier molecular flexibility index (Phi) is 12.8. The number of ketones is 1. The maximum atomic E-state index is 11.5. The van der Waals surface area contributed by atoms with Crippen LogP contribution in [0.3, 0.4) is 0 Å². The van der Waals surface area contributed by atoms with Crippen LogP contribution in [0.5, 0.6) is 0 Å². The zero-order valence-corrected chi connectivity index (χ0v) is 23.6. The van der Waals surface area contributed by atoms with Crippen molar-refractivity contribution in [3.8, 4) is 0 Å². The molecule has 1 aromatic rings. The molecule has 36 heavy (non-hydrogen) atoms. The molecule has 5 nitrogen and oxygen atoms in total. The van der Waals surface area contributed by atoms with Gasteiger partial charge < -0.3 is 20.4 Å². The van der Waals surface area contributed by atoms with Crippen LogP contribution in [0, 0.1) is 5.41 Å². The molecular formula is C31H46N4O. The van der Waals surface area contributed by atoms with Gasteiger partial charge in [0.1, 0.15) is 0 Å². The number of nitrogens with zero attached hydrogens (tertiary/aromatic N) is 2. The highest BCUT2D eigenvalue weighted by atomic mass is 16.1. The van der Waals surface area contributed by atoms with Crippen LogP contribution in [0.2, 0.25) is 0 Å². The third-order valence-corrected chi connectivity index (χ3v) is 5.99. The number of carbonyl (C=O) groups excluding carboxylic acids is 1. The Morgan fingerprint density at radius 1 is 1.11 bits per heavy atom. The molecule has 0 radical (unpaired) electrons. The highest BCUT2D eigenvalue weighted by Crippen LogP contribution is 2.36. The standard InChI is InChI=1S/C26H33N3O.C5H13N/c1-19(2)23-8-10-25(11-9-23)28-22(5)27-16-17-29(7)18-20(3)26(6)14-12-24(13-15-26)21(4)30;1-4-5-6(2)3/h8-14,16-18,27-28H,1,5,15H2,2-4,6-7H3;4-5H2,1-3H3/b17-16-,20-18+;. The fourth-order valence-corrected chi connectivity index (χ4v) is 3.53. The average molecular weight is 491 g/mol. The van der Waals surface area contributed by atoms with Gasteiger partial charge in [-0.15, -0.1) is 0 Å². The van der Waals surface area contributed by atoms with Crippen LogP contribution in [-0.2, 0) is 4.79 Å². The monoisotopic (exact) mass is 490 g/mol. The first-order chi connectivity index (χ1) is 16.9. The topological polar surface area (TPSA) is 47.6 Å². The van der Waals surface area contributed by atoms with E-state index < -0.39 is 0 Å². The molecule has 2 N–H and O–H groups in total. The van der Waals surface area contributed by atoms with Crippen molar-refractivity contribution >= 4 is 17.0 Å². The van der Waals surface area contributed by atoms with Crippen LogP contribution >= 0.6 is 0 Å². The van der Waals surface area contributed by atoms with E-state index in [0.717, 1.165) is 28.8 Å². The van der Waals surface area contributed by atoms with Crippen LogP contribution in [0.25, 0.3) is 5.57 Å². The maximum Gasteiger partial charge on any atom is 0.159 e. The summed E-state index contributed by atoms with van der Waals surface area (Å²) in [6.07, 6.45) is 14.0. The number of hydrogen-bond donors (Lipinski definition) is 2. The molecule has 1 atom stereocenters. The minimum Gasteiger partial charge on any atom is -0.356 e. The smallest absolute Gasteiger partial charge is 0.159 e. The van der Waals surface area contributed by atoms with Gasteiger partial charge in [0.05, 0.1) is 5.82 Å². The van der Waals surface area contributed by atoms with Crippen molar-refractivity contribution in [1.29, 1.82) is 0 Å². The number of carbonyl (C=O) groups is 1. The lowest BCUT2D eigenvalue weighted by atomic mass is 9.76. The van der Waals surface area contributed by atoms with E-state index in [2.05, 4.69) is 75.8 Å². The zero-order valence-electron chi connectivity index (χ0n) is 23.6. The number of rotatable bonds is 11. The van der Waals surface area contributed by atoms with Crippen LogP contribution in [0.1, 0.15) is 53.0 Å². The van der Waals surface area contributed by atoms with Gasteiger partial charge in [0.2, 0.25) is 0 Å². The van der Waals surface area contributed by atoms with Crippen molar-refractivity contribution in [3.05, 3.63) is 96.8 Å². The molecule has 0 spiro atoms. The Hall–Kier alpha value is -3.31. The summed E-state index contributed by atoms with van der Waals surface area (Å²) in [5, 5.41) is 6.37. The van der Waals surface area contributed by atoms with Crippen molar-refractivity contribution in [2.45, 2.75) is 47.5 Å². The van der Waals surface area contributed by atoms with Crippen LogP contribution in [0.15, 0.2) is 91.2 Å². The molecule has 0 aromatic heterocycles. The molecule has 1 unspecified atom stereocenters. The minimum absolute atomic E-state index is 0.0877. The molecule has 1 aliphatic rings. The molecule has 0 bridgehead atoms. The lowest BCUT2D eigenvalue weighted by Crippen LogP contribution is -2.20. The van der Waals surface area contributed by atoms with Crippen molar-refractivity contribution < 1.29 is 4.79 Å². The zero-order chi connectivity index (χ0) is 27.3. The number of nitrogens with one attached hydrogen (secondary N) is 2. The van der Waals surface area contributed by atoms with Gasteiger partial charge in [-0.3, -0.25) is 4.79 Å². The predicted molar refractivity (Wildman–Crippen MR) is 157 cm³/mol. The highest BCUT2D eigenvalue weighted by Gasteiger charge is 2.25. The van der Waals surface area contributed by atoms with E-state index in [4.69, 9.17) is 0 Å². The first-order valence-corrected chi connectivity index (χ1v) is 12.5. The quantitative estimate of drug-likeness (QED) is 0.352. The largest absolute Gasteiger partial charge is 0.356 e. The molecular weight excluding hydrogens is 444 g/mol. The molecule has 0 amide bonds. The molecule has 196 valence electrons. The Labute approximate surface area is 219 Å². The number of allylic oxidation sites excluding steroid dienone is 6. The van der Waals surface area contributed by atoms with E-state index >= 15 is 0 Å². The summed E-state index contributed by atoms with van der Waals surface area (Å²) < 4.78 is 0. The number of hydrogen-bond acceptors (Lipinski definition) is 5. The molecule has 1 aliphatic carbocycles. The highest BCUT2D eigenvalue weighted by molar-refractivity contribution is 5.96. The van der Waals surface area contributed by atoms with Crippen molar-refractivity contribution in [3.63, 3.8) is 0 Å². The lowest BCUT2D eigenvalue weighted by Gasteiger charge is -2.30. The lowest BCUT2D eigenvalue weighted by molar-refractivity contribution is -0.113. The molecule has 2 rings (SSSR count). The first kappa shape index (κ1) is 30.7. The Morgan fingerprint density at radius 2 is 1.75 bits per heavy atom. The fourth-order valence-electron chi connectivity index (χ4n) is 3.53. The summed E-state index contributed by atoms with van der Waals surface area (Å²) in [6.45, 7) is 19.2. The third-order valence-electron chi connectivity index (χ3n) is 5.99. The summed E-state index contributed by atoms with van der Waals surface area (Å²) in [7, 11) is 6.16. The van der Waals surface area contributed by atoms with Crippen LogP contribution in [-0.4, -0.2) is 43.3 Å². The molecule has 0 saturated carbocycles. The van der Waals surface area contributed by atoms with Crippen LogP contribution in [0.4, 0.5) is 5.69 Å². The summed E-state index contributed by atoms with van der Waals surface area (Å²) in [5.41, 5.74) is 5.05. The van der Waals surface area contributed by atoms with Crippen molar-refractivity contribution in [2.24, 2.45) is 5.41 Å². The maximum absolute atomic E-state index is 11.5. The fraction of sp³-hybridized carbons (Fsp3) is 0.387. The Balaban J connectivity index is 0.000000960. The average Bonchev–Trinajstić information content (AvgIpc) is 2.80. The van der Waals surface area contributed by atoms with Gasteiger partial charge in [0, 0.05) is 42.3 Å². The summed E-state index contributed by atoms with van der Waals surface area (Å²) in [4.78, 5) is 15.7. The van der Waals surface area contributed by atoms with Crippen molar-refractivity contribution in [1.82, 2.24) is 15.1 Å². The number of anilines is 1. The SMILES string of the molecule is C=C(N/C=C\N(C)/C=C(\C)C1(C)C=CC(C(C)=O)=CC1)Nc1ccc(C(=C)C)cc1.CCCN(C)C. The van der Waals surface area contributed by atoms with E-state index in [1.165, 1.54) is 18.5 Å². The van der Waals surface area contributed by atoms with E-state index in [-0.39, 0.29) is 11.2 Å². The van der Waals surface area contributed by atoms with Gasteiger partial charge in [0.15, 0.2) is 5.78 Å². The summed E-state index contributed by atoms with van der Waals surface area (Å²) in [6, 6.07) is 8.07. The molecule has 0 fully saturated rings. The van der Waals surface area contributed by atoms with Crippen molar-refractivity contribution in [2.75, 3.05) is 33.0 Å². The Bertz CT molecular complexity index is 1010. The molecule has 1 aromatic carbocycles. The predicted octanol–water partition coefficient (Wildman–Crippen LogP) is 6.94. The summed E-state index contributed by atoms with van der Waals surface area (Å²) >= 11 is 0.